The molecule has 1 unspecified atom stereocenters. The summed E-state index contributed by atoms with van der Waals surface area (Å²) in [6.07, 6.45) is -0.141. The van der Waals surface area contributed by atoms with Gasteiger partial charge in [-0.05, 0) is 19.1 Å². The quantitative estimate of drug-likeness (QED) is 0.851. The standard InChI is InChI=1S/C21H23NO4/c1-15(14-22-10-12-24-13-11-22)25-21(23)20-16-6-2-4-8-18(16)26-19-9-5-3-7-17(19)20/h2-9,15,20H,10-14H2,1H3/p+1. The summed E-state index contributed by atoms with van der Waals surface area (Å²) in [7, 11) is 0. The summed E-state index contributed by atoms with van der Waals surface area (Å²) < 4.78 is 17.2. The van der Waals surface area contributed by atoms with Gasteiger partial charge in [0.05, 0.1) is 13.2 Å². The molecule has 4 rings (SSSR count). The smallest absolute Gasteiger partial charge is 0.318 e. The van der Waals surface area contributed by atoms with Crippen molar-refractivity contribution in [2.75, 3.05) is 32.8 Å². The number of carbonyl (C=O) groups is 1. The third kappa shape index (κ3) is 3.45. The third-order valence-electron chi connectivity index (χ3n) is 5.01. The molecule has 26 heavy (non-hydrogen) atoms. The van der Waals surface area contributed by atoms with Gasteiger partial charge in [0.2, 0.25) is 0 Å². The van der Waals surface area contributed by atoms with Gasteiger partial charge in [0.25, 0.3) is 0 Å². The number of esters is 1. The average molecular weight is 354 g/mol. The second kappa shape index (κ2) is 7.48. The lowest BCUT2D eigenvalue weighted by atomic mass is 9.88. The second-order valence-corrected chi connectivity index (χ2v) is 6.92. The Bertz CT molecular complexity index is 740. The van der Waals surface area contributed by atoms with Crippen LogP contribution in [0.3, 0.4) is 0 Å². The molecule has 0 spiro atoms. The van der Waals surface area contributed by atoms with Gasteiger partial charge in [-0.2, -0.15) is 0 Å². The van der Waals surface area contributed by atoms with Gasteiger partial charge in [0.15, 0.2) is 0 Å². The molecule has 2 aliphatic rings. The number of nitrogens with one attached hydrogen (secondary N) is 1. The first-order chi connectivity index (χ1) is 12.7. The van der Waals surface area contributed by atoms with Crippen LogP contribution in [0.15, 0.2) is 48.5 Å². The molecular formula is C21H24NO4+. The first-order valence-electron chi connectivity index (χ1n) is 9.20. The fourth-order valence-corrected chi connectivity index (χ4v) is 3.74. The SMILES string of the molecule is CC(C[NH+]1CCOCC1)OC(=O)C1c2ccccc2Oc2ccccc21. The zero-order chi connectivity index (χ0) is 17.9. The van der Waals surface area contributed by atoms with E-state index in [1.807, 2.05) is 55.5 Å². The summed E-state index contributed by atoms with van der Waals surface area (Å²) in [5, 5.41) is 0. The molecule has 2 aliphatic heterocycles. The fraction of sp³-hybridized carbons (Fsp3) is 0.381. The molecule has 1 N–H and O–H groups in total. The highest BCUT2D eigenvalue weighted by Gasteiger charge is 2.34. The normalized spacial score (nSPS) is 18.3. The molecule has 1 atom stereocenters. The highest BCUT2D eigenvalue weighted by Crippen LogP contribution is 2.44. The minimum absolute atomic E-state index is 0.141. The van der Waals surface area contributed by atoms with E-state index in [2.05, 4.69) is 0 Å². The zero-order valence-electron chi connectivity index (χ0n) is 14.9. The Morgan fingerprint density at radius 3 is 2.27 bits per heavy atom. The van der Waals surface area contributed by atoms with E-state index in [-0.39, 0.29) is 12.1 Å². The molecule has 2 heterocycles. The Morgan fingerprint density at radius 1 is 1.08 bits per heavy atom. The van der Waals surface area contributed by atoms with Crippen molar-refractivity contribution in [1.29, 1.82) is 0 Å². The summed E-state index contributed by atoms with van der Waals surface area (Å²) in [4.78, 5) is 14.5. The molecule has 5 heteroatoms. The molecule has 2 aromatic carbocycles. The largest absolute Gasteiger partial charge is 0.457 e. The number of benzene rings is 2. The molecule has 0 bridgehead atoms. The van der Waals surface area contributed by atoms with Gasteiger partial charge < -0.3 is 19.1 Å². The fourth-order valence-electron chi connectivity index (χ4n) is 3.74. The van der Waals surface area contributed by atoms with Crippen LogP contribution in [-0.4, -0.2) is 44.9 Å². The number of fused-ring (bicyclic) bond motifs is 2. The van der Waals surface area contributed by atoms with Crippen molar-refractivity contribution in [3.63, 3.8) is 0 Å². The van der Waals surface area contributed by atoms with Crippen molar-refractivity contribution in [1.82, 2.24) is 0 Å². The lowest BCUT2D eigenvalue weighted by Crippen LogP contribution is -3.15. The maximum atomic E-state index is 13.1. The maximum Gasteiger partial charge on any atom is 0.318 e. The minimum Gasteiger partial charge on any atom is -0.457 e. The Hall–Kier alpha value is -2.37. The molecule has 0 saturated carbocycles. The molecular weight excluding hydrogens is 330 g/mol. The van der Waals surface area contributed by atoms with Crippen LogP contribution in [0.2, 0.25) is 0 Å². The number of hydrogen-bond acceptors (Lipinski definition) is 4. The van der Waals surface area contributed by atoms with E-state index in [1.165, 1.54) is 4.90 Å². The summed E-state index contributed by atoms with van der Waals surface area (Å²) in [6.45, 7) is 6.25. The van der Waals surface area contributed by atoms with E-state index >= 15 is 0 Å². The Labute approximate surface area is 153 Å². The predicted molar refractivity (Wildman–Crippen MR) is 96.7 cm³/mol. The topological polar surface area (TPSA) is 49.2 Å². The molecule has 0 aromatic heterocycles. The molecule has 5 nitrogen and oxygen atoms in total. The van der Waals surface area contributed by atoms with Gasteiger partial charge in [-0.25, -0.2) is 0 Å². The lowest BCUT2D eigenvalue weighted by Gasteiger charge is -2.29. The maximum absolute atomic E-state index is 13.1. The third-order valence-corrected chi connectivity index (χ3v) is 5.01. The van der Waals surface area contributed by atoms with E-state index in [0.29, 0.717) is 0 Å². The van der Waals surface area contributed by atoms with E-state index in [0.717, 1.165) is 55.5 Å². The van der Waals surface area contributed by atoms with E-state index < -0.39 is 5.92 Å². The van der Waals surface area contributed by atoms with Crippen LogP contribution < -0.4 is 9.64 Å². The van der Waals surface area contributed by atoms with Crippen LogP contribution in [0.1, 0.15) is 24.0 Å². The van der Waals surface area contributed by atoms with Crippen LogP contribution in [0, 0.1) is 0 Å². The monoisotopic (exact) mass is 354 g/mol. The van der Waals surface area contributed by atoms with Crippen LogP contribution >= 0.6 is 0 Å². The van der Waals surface area contributed by atoms with E-state index in [1.54, 1.807) is 0 Å². The van der Waals surface area contributed by atoms with Gasteiger partial charge >= 0.3 is 5.97 Å². The summed E-state index contributed by atoms with van der Waals surface area (Å²) in [6, 6.07) is 15.4. The van der Waals surface area contributed by atoms with Crippen LogP contribution in [0.25, 0.3) is 0 Å². The second-order valence-electron chi connectivity index (χ2n) is 6.92. The van der Waals surface area contributed by atoms with Crippen LogP contribution in [0.4, 0.5) is 0 Å². The predicted octanol–water partition coefficient (Wildman–Crippen LogP) is 1.77. The zero-order valence-corrected chi connectivity index (χ0v) is 14.9. The minimum atomic E-state index is -0.446. The van der Waals surface area contributed by atoms with Crippen molar-refractivity contribution in [2.45, 2.75) is 18.9 Å². The Kier molecular flexibility index (Phi) is 4.91. The van der Waals surface area contributed by atoms with Gasteiger partial charge in [-0.15, -0.1) is 0 Å². The summed E-state index contributed by atoms with van der Waals surface area (Å²) in [5.41, 5.74) is 1.73. The first kappa shape index (κ1) is 17.1. The molecule has 0 aliphatic carbocycles. The Morgan fingerprint density at radius 2 is 1.65 bits per heavy atom. The van der Waals surface area contributed by atoms with Crippen LogP contribution in [0.5, 0.6) is 11.5 Å². The molecule has 0 amide bonds. The van der Waals surface area contributed by atoms with Gasteiger partial charge in [-0.1, -0.05) is 36.4 Å². The first-order valence-corrected chi connectivity index (χ1v) is 9.20. The molecule has 1 saturated heterocycles. The van der Waals surface area contributed by atoms with Crippen molar-refractivity contribution in [3.8, 4) is 11.5 Å². The summed E-state index contributed by atoms with van der Waals surface area (Å²) >= 11 is 0. The van der Waals surface area contributed by atoms with E-state index in [4.69, 9.17) is 14.2 Å². The molecule has 0 radical (unpaired) electrons. The van der Waals surface area contributed by atoms with Crippen molar-refractivity contribution in [3.05, 3.63) is 59.7 Å². The number of ether oxygens (including phenoxy) is 3. The number of quaternary nitrogens is 1. The number of para-hydroxylation sites is 2. The lowest BCUT2D eigenvalue weighted by molar-refractivity contribution is -0.910. The highest BCUT2D eigenvalue weighted by atomic mass is 16.5. The van der Waals surface area contributed by atoms with Crippen molar-refractivity contribution >= 4 is 5.97 Å². The number of carbonyl (C=O) groups excluding carboxylic acids is 1. The van der Waals surface area contributed by atoms with Crippen molar-refractivity contribution < 1.29 is 23.9 Å². The number of morpholine rings is 1. The van der Waals surface area contributed by atoms with Gasteiger partial charge in [-0.3, -0.25) is 4.79 Å². The molecule has 2 aromatic rings. The van der Waals surface area contributed by atoms with Crippen LogP contribution in [-0.2, 0) is 14.3 Å². The number of hydrogen-bond donors (Lipinski definition) is 1. The van der Waals surface area contributed by atoms with E-state index in [9.17, 15) is 4.79 Å². The Balaban J connectivity index is 1.53. The highest BCUT2D eigenvalue weighted by molar-refractivity contribution is 5.85. The molecule has 136 valence electrons. The van der Waals surface area contributed by atoms with Gasteiger partial charge in [0, 0.05) is 11.1 Å². The molecule has 1 fully saturated rings. The van der Waals surface area contributed by atoms with Gasteiger partial charge in [0.1, 0.15) is 43.2 Å². The van der Waals surface area contributed by atoms with Crippen molar-refractivity contribution in [2.24, 2.45) is 0 Å². The number of rotatable bonds is 4. The average Bonchev–Trinajstić information content (AvgIpc) is 2.66. The summed E-state index contributed by atoms with van der Waals surface area (Å²) in [5.74, 6) is 0.783.